The van der Waals surface area contributed by atoms with Gasteiger partial charge >= 0.3 is 5.97 Å². The van der Waals surface area contributed by atoms with Crippen LogP contribution in [0.2, 0.25) is 5.02 Å². The van der Waals surface area contributed by atoms with Crippen molar-refractivity contribution in [3.63, 3.8) is 0 Å². The first-order valence-corrected chi connectivity index (χ1v) is 12.7. The fourth-order valence-electron chi connectivity index (χ4n) is 5.03. The number of carbonyl (C=O) groups is 1. The maximum absolute atomic E-state index is 14.4. The number of carboxylic acid groups (broad SMARTS) is 1. The van der Waals surface area contributed by atoms with Crippen LogP contribution in [0.1, 0.15) is 44.7 Å². The van der Waals surface area contributed by atoms with Gasteiger partial charge in [-0.1, -0.05) is 61.3 Å². The number of benzene rings is 2. The molecule has 0 saturated heterocycles. The van der Waals surface area contributed by atoms with E-state index in [0.29, 0.717) is 18.4 Å². The number of carboxylic acids is 1. The normalized spacial score (nSPS) is 18.0. The molecule has 2 aromatic carbocycles. The second kappa shape index (κ2) is 11.8. The Hall–Kier alpha value is -2.70. The second-order valence-corrected chi connectivity index (χ2v) is 9.80. The van der Waals surface area contributed by atoms with Gasteiger partial charge < -0.3 is 9.84 Å². The summed E-state index contributed by atoms with van der Waals surface area (Å²) in [6.45, 7) is 3.25. The van der Waals surface area contributed by atoms with Gasteiger partial charge in [0, 0.05) is 23.4 Å². The summed E-state index contributed by atoms with van der Waals surface area (Å²) in [6, 6.07) is 15.1. The van der Waals surface area contributed by atoms with E-state index in [0.717, 1.165) is 67.5 Å². The molecule has 0 radical (unpaired) electrons. The Bertz CT molecular complexity index is 1140. The highest BCUT2D eigenvalue weighted by Crippen LogP contribution is 2.38. The largest absolute Gasteiger partial charge is 0.480 e. The van der Waals surface area contributed by atoms with Gasteiger partial charge in [0.25, 0.3) is 0 Å². The lowest BCUT2D eigenvalue weighted by molar-refractivity contribution is -0.142. The monoisotopic (exact) mass is 498 g/mol. The minimum atomic E-state index is -0.925. The summed E-state index contributed by atoms with van der Waals surface area (Å²) >= 11 is 5.96. The Balaban J connectivity index is 1.61. The Labute approximate surface area is 210 Å². The Morgan fingerprint density at radius 2 is 1.83 bits per heavy atom. The molecule has 1 aromatic heterocycles. The van der Waals surface area contributed by atoms with Crippen molar-refractivity contribution in [3.8, 4) is 22.4 Å². The molecule has 186 valence electrons. The van der Waals surface area contributed by atoms with Gasteiger partial charge in [-0.3, -0.25) is 4.68 Å². The van der Waals surface area contributed by atoms with Crippen LogP contribution < -0.4 is 0 Å². The lowest BCUT2D eigenvalue weighted by Gasteiger charge is -2.28. The van der Waals surface area contributed by atoms with Crippen LogP contribution >= 0.6 is 11.6 Å². The molecule has 3 aromatic rings. The summed E-state index contributed by atoms with van der Waals surface area (Å²) in [5.74, 6) is -0.477. The third-order valence-corrected chi connectivity index (χ3v) is 7.08. The smallest absolute Gasteiger partial charge is 0.329 e. The van der Waals surface area contributed by atoms with Gasteiger partial charge in [-0.2, -0.15) is 5.10 Å². The van der Waals surface area contributed by atoms with Crippen LogP contribution in [-0.4, -0.2) is 34.1 Å². The van der Waals surface area contributed by atoms with Crippen molar-refractivity contribution in [1.29, 1.82) is 0 Å². The van der Waals surface area contributed by atoms with Crippen molar-refractivity contribution >= 4 is 17.6 Å². The van der Waals surface area contributed by atoms with E-state index in [1.54, 1.807) is 6.07 Å². The summed E-state index contributed by atoms with van der Waals surface area (Å²) in [7, 11) is 0. The maximum Gasteiger partial charge on any atom is 0.329 e. The van der Waals surface area contributed by atoms with E-state index < -0.39 is 11.8 Å². The number of rotatable bonds is 10. The topological polar surface area (TPSA) is 64.4 Å². The van der Waals surface area contributed by atoms with Crippen LogP contribution in [0.5, 0.6) is 0 Å². The zero-order valence-corrected chi connectivity index (χ0v) is 20.8. The van der Waals surface area contributed by atoms with E-state index in [-0.39, 0.29) is 11.6 Å². The van der Waals surface area contributed by atoms with Crippen LogP contribution in [0.25, 0.3) is 22.4 Å². The summed E-state index contributed by atoms with van der Waals surface area (Å²) in [6.07, 6.45) is 6.01. The standard InChI is InChI=1S/C28H32ClFN2O3/c1-2-6-25-27(21-7-4-3-5-8-21)28(22-13-14-23(29)24(30)15-22)31-32(25)16-19-9-11-20(12-10-19)17-35-18-26(33)34/h3-5,7-8,13-15,19-20H,2,6,9-12,16-18H2,1H3,(H,33,34)/t19-,20+. The van der Waals surface area contributed by atoms with E-state index in [9.17, 15) is 9.18 Å². The number of hydrogen-bond donors (Lipinski definition) is 1. The first-order chi connectivity index (χ1) is 17.0. The van der Waals surface area contributed by atoms with Gasteiger partial charge in [0.05, 0.1) is 11.6 Å². The molecule has 0 amide bonds. The molecule has 0 aliphatic heterocycles. The molecule has 1 saturated carbocycles. The van der Waals surface area contributed by atoms with Crippen molar-refractivity contribution in [2.24, 2.45) is 11.8 Å². The number of aromatic nitrogens is 2. The molecule has 1 N–H and O–H groups in total. The number of hydrogen-bond acceptors (Lipinski definition) is 3. The average molecular weight is 499 g/mol. The average Bonchev–Trinajstić information content (AvgIpc) is 3.20. The maximum atomic E-state index is 14.4. The minimum Gasteiger partial charge on any atom is -0.480 e. The van der Waals surface area contributed by atoms with Crippen LogP contribution in [0.3, 0.4) is 0 Å². The van der Waals surface area contributed by atoms with Gasteiger partial charge in [-0.05, 0) is 61.6 Å². The van der Waals surface area contributed by atoms with Gasteiger partial charge in [0.15, 0.2) is 0 Å². The molecule has 4 rings (SSSR count). The summed E-state index contributed by atoms with van der Waals surface area (Å²) in [4.78, 5) is 10.7. The molecular formula is C28H32ClFN2O3. The predicted molar refractivity (Wildman–Crippen MR) is 136 cm³/mol. The zero-order chi connectivity index (χ0) is 24.8. The first-order valence-electron chi connectivity index (χ1n) is 12.4. The van der Waals surface area contributed by atoms with Crippen molar-refractivity contribution < 1.29 is 19.0 Å². The molecule has 1 heterocycles. The van der Waals surface area contributed by atoms with E-state index in [1.807, 2.05) is 24.3 Å². The van der Waals surface area contributed by atoms with Gasteiger partial charge in [0.1, 0.15) is 18.1 Å². The van der Waals surface area contributed by atoms with Gasteiger partial charge in [0.2, 0.25) is 0 Å². The lowest BCUT2D eigenvalue weighted by atomic mass is 9.82. The van der Waals surface area contributed by atoms with Crippen molar-refractivity contribution in [2.75, 3.05) is 13.2 Å². The second-order valence-electron chi connectivity index (χ2n) is 9.39. The zero-order valence-electron chi connectivity index (χ0n) is 20.1. The molecule has 0 atom stereocenters. The van der Waals surface area contributed by atoms with Gasteiger partial charge in [-0.25, -0.2) is 9.18 Å². The Morgan fingerprint density at radius 3 is 2.49 bits per heavy atom. The number of ether oxygens (including phenoxy) is 1. The van der Waals surface area contributed by atoms with Crippen LogP contribution in [0.4, 0.5) is 4.39 Å². The first kappa shape index (κ1) is 25.4. The fraction of sp³-hybridized carbons (Fsp3) is 0.429. The van der Waals surface area contributed by atoms with Crippen molar-refractivity contribution in [1.82, 2.24) is 9.78 Å². The van der Waals surface area contributed by atoms with Crippen LogP contribution in [-0.2, 0) is 22.5 Å². The molecular weight excluding hydrogens is 467 g/mol. The predicted octanol–water partition coefficient (Wildman–Crippen LogP) is 6.87. The van der Waals surface area contributed by atoms with Crippen molar-refractivity contribution in [3.05, 3.63) is 65.1 Å². The molecule has 0 spiro atoms. The van der Waals surface area contributed by atoms with Crippen LogP contribution in [0.15, 0.2) is 48.5 Å². The third-order valence-electron chi connectivity index (χ3n) is 6.78. The molecule has 35 heavy (non-hydrogen) atoms. The number of nitrogens with zero attached hydrogens (tertiary/aromatic N) is 2. The van der Waals surface area contributed by atoms with E-state index in [1.165, 1.54) is 11.8 Å². The summed E-state index contributed by atoms with van der Waals surface area (Å²) in [5.41, 5.74) is 4.82. The summed E-state index contributed by atoms with van der Waals surface area (Å²) in [5, 5.41) is 13.9. The van der Waals surface area contributed by atoms with E-state index in [4.69, 9.17) is 26.5 Å². The quantitative estimate of drug-likeness (QED) is 0.331. The van der Waals surface area contributed by atoms with Crippen LogP contribution in [0, 0.1) is 17.7 Å². The van der Waals surface area contributed by atoms with E-state index >= 15 is 0 Å². The third kappa shape index (κ3) is 6.30. The molecule has 0 unspecified atom stereocenters. The Morgan fingerprint density at radius 1 is 1.11 bits per heavy atom. The molecule has 1 fully saturated rings. The van der Waals surface area contributed by atoms with E-state index in [2.05, 4.69) is 23.7 Å². The number of halogens is 2. The molecule has 1 aliphatic rings. The van der Waals surface area contributed by atoms with Gasteiger partial charge in [-0.15, -0.1) is 0 Å². The fourth-order valence-corrected chi connectivity index (χ4v) is 5.15. The number of aliphatic carboxylic acids is 1. The highest BCUT2D eigenvalue weighted by Gasteiger charge is 2.26. The van der Waals surface area contributed by atoms with Crippen molar-refractivity contribution in [2.45, 2.75) is 52.0 Å². The highest BCUT2D eigenvalue weighted by atomic mass is 35.5. The molecule has 5 nitrogen and oxygen atoms in total. The molecule has 0 bridgehead atoms. The molecule has 1 aliphatic carbocycles. The SMILES string of the molecule is CCCc1c(-c2ccccc2)c(-c2ccc(Cl)c(F)c2)nn1C[C@H]1CC[C@@H](COCC(=O)O)CC1. The summed E-state index contributed by atoms with van der Waals surface area (Å²) < 4.78 is 21.8. The Kier molecular flexibility index (Phi) is 8.58. The lowest BCUT2D eigenvalue weighted by Crippen LogP contribution is -2.23. The highest BCUT2D eigenvalue weighted by molar-refractivity contribution is 6.30. The minimum absolute atomic E-state index is 0.104. The molecule has 7 heteroatoms.